The smallest absolute Gasteiger partial charge is 0.339 e. The molecule has 9 nitrogen and oxygen atoms in total. The average Bonchev–Trinajstić information content (AvgIpc) is 2.71. The lowest BCUT2D eigenvalue weighted by molar-refractivity contribution is -0.384. The van der Waals surface area contributed by atoms with Crippen LogP contribution < -0.4 is 10.6 Å². The lowest BCUT2D eigenvalue weighted by atomic mass is 9.78. The van der Waals surface area contributed by atoms with Crippen molar-refractivity contribution < 1.29 is 24.0 Å². The van der Waals surface area contributed by atoms with Gasteiger partial charge in [0.2, 0.25) is 0 Å². The number of amides is 1. The number of nitrogens with zero attached hydrogens (tertiary/aromatic N) is 1. The zero-order valence-corrected chi connectivity index (χ0v) is 18.0. The molecule has 0 radical (unpaired) electrons. The Hall–Kier alpha value is -2.68. The van der Waals surface area contributed by atoms with Gasteiger partial charge in [-0.3, -0.25) is 14.9 Å². The van der Waals surface area contributed by atoms with Crippen LogP contribution in [0.1, 0.15) is 50.4 Å². The van der Waals surface area contributed by atoms with E-state index in [4.69, 9.17) is 9.47 Å². The van der Waals surface area contributed by atoms with Crippen molar-refractivity contribution in [2.24, 2.45) is 11.8 Å². The van der Waals surface area contributed by atoms with Crippen LogP contribution in [0.2, 0.25) is 0 Å². The Balaban J connectivity index is 2.01. The molecule has 0 saturated heterocycles. The van der Waals surface area contributed by atoms with Gasteiger partial charge in [-0.15, -0.1) is 0 Å². The monoisotopic (exact) mass is 421 g/mol. The summed E-state index contributed by atoms with van der Waals surface area (Å²) >= 11 is 0. The zero-order valence-electron chi connectivity index (χ0n) is 18.0. The molecule has 0 heterocycles. The lowest BCUT2D eigenvalue weighted by Crippen LogP contribution is -2.47. The van der Waals surface area contributed by atoms with E-state index in [0.29, 0.717) is 25.0 Å². The first-order chi connectivity index (χ1) is 14.2. The van der Waals surface area contributed by atoms with Crippen molar-refractivity contribution >= 4 is 23.3 Å². The van der Waals surface area contributed by atoms with Crippen LogP contribution in [0.3, 0.4) is 0 Å². The molecule has 0 aromatic heterocycles. The van der Waals surface area contributed by atoms with E-state index in [-0.39, 0.29) is 28.9 Å². The number of hydrogen-bond donors (Lipinski definition) is 2. The maximum atomic E-state index is 12.5. The Morgan fingerprint density at radius 3 is 2.70 bits per heavy atom. The van der Waals surface area contributed by atoms with E-state index < -0.39 is 17.0 Å². The molecular weight excluding hydrogens is 390 g/mol. The normalized spacial score (nSPS) is 22.1. The maximum Gasteiger partial charge on any atom is 0.339 e. The number of nitro benzene ring substituents is 1. The van der Waals surface area contributed by atoms with Crippen molar-refractivity contribution in [3.8, 4) is 0 Å². The third kappa shape index (κ3) is 6.16. The van der Waals surface area contributed by atoms with Gasteiger partial charge >= 0.3 is 5.97 Å². The summed E-state index contributed by atoms with van der Waals surface area (Å²) in [6.07, 6.45) is 2.11. The van der Waals surface area contributed by atoms with E-state index in [0.717, 1.165) is 25.3 Å². The van der Waals surface area contributed by atoms with Crippen LogP contribution >= 0.6 is 0 Å². The average molecular weight is 421 g/mol. The predicted molar refractivity (Wildman–Crippen MR) is 112 cm³/mol. The van der Waals surface area contributed by atoms with Crippen molar-refractivity contribution in [3.63, 3.8) is 0 Å². The first-order valence-electron chi connectivity index (χ1n) is 10.3. The largest absolute Gasteiger partial charge is 0.449 e. The molecule has 30 heavy (non-hydrogen) atoms. The summed E-state index contributed by atoms with van der Waals surface area (Å²) in [6.45, 7) is 6.56. The third-order valence-electron chi connectivity index (χ3n) is 5.74. The number of benzene rings is 1. The summed E-state index contributed by atoms with van der Waals surface area (Å²) in [6, 6.07) is 4.08. The summed E-state index contributed by atoms with van der Waals surface area (Å²) in [5.74, 6) is -0.263. The number of methoxy groups -OCH3 is 1. The van der Waals surface area contributed by atoms with Crippen LogP contribution in [0.15, 0.2) is 18.2 Å². The van der Waals surface area contributed by atoms with Crippen molar-refractivity contribution in [2.75, 3.05) is 25.6 Å². The molecule has 1 aliphatic carbocycles. The highest BCUT2D eigenvalue weighted by Gasteiger charge is 2.30. The molecule has 1 saturated carbocycles. The number of anilines is 1. The van der Waals surface area contributed by atoms with Gasteiger partial charge in [-0.25, -0.2) is 4.79 Å². The molecule has 1 amide bonds. The number of hydrogen-bond acceptors (Lipinski definition) is 7. The molecule has 0 aliphatic heterocycles. The predicted octanol–water partition coefficient (Wildman–Crippen LogP) is 3.14. The quantitative estimate of drug-likeness (QED) is 0.272. The minimum atomic E-state index is -1.000. The molecule has 2 N–H and O–H groups in total. The number of rotatable bonds is 9. The molecular formula is C21H31N3O6. The number of nitrogens with one attached hydrogen (secondary N) is 2. The summed E-state index contributed by atoms with van der Waals surface area (Å²) in [5, 5.41) is 17.2. The SMILES string of the molecule is COCCNc1ccc(C(=O)O[C@H](C)C(=O)N[C@@H]2CCC[C@@H](C)[C@H]2C)cc1[N+](=O)[O-]. The highest BCUT2D eigenvalue weighted by molar-refractivity contribution is 5.93. The first-order valence-corrected chi connectivity index (χ1v) is 10.3. The molecule has 9 heteroatoms. The van der Waals surface area contributed by atoms with Crippen LogP contribution in [-0.2, 0) is 14.3 Å². The van der Waals surface area contributed by atoms with Gasteiger partial charge in [0, 0.05) is 25.8 Å². The molecule has 0 unspecified atom stereocenters. The zero-order chi connectivity index (χ0) is 22.3. The second-order valence-corrected chi connectivity index (χ2v) is 7.84. The van der Waals surface area contributed by atoms with E-state index in [2.05, 4.69) is 24.5 Å². The number of carbonyl (C=O) groups is 2. The van der Waals surface area contributed by atoms with Crippen molar-refractivity contribution in [1.29, 1.82) is 0 Å². The fourth-order valence-electron chi connectivity index (χ4n) is 3.61. The third-order valence-corrected chi connectivity index (χ3v) is 5.74. The van der Waals surface area contributed by atoms with Gasteiger partial charge in [0.05, 0.1) is 17.1 Å². The minimum Gasteiger partial charge on any atom is -0.449 e. The van der Waals surface area contributed by atoms with Crippen LogP contribution in [0.4, 0.5) is 11.4 Å². The minimum absolute atomic E-state index is 0.0123. The first kappa shape index (κ1) is 23.6. The Labute approximate surface area is 176 Å². The van der Waals surface area contributed by atoms with Gasteiger partial charge in [-0.1, -0.05) is 26.7 Å². The fraction of sp³-hybridized carbons (Fsp3) is 0.619. The van der Waals surface area contributed by atoms with Gasteiger partial charge < -0.3 is 20.1 Å². The van der Waals surface area contributed by atoms with Crippen molar-refractivity contribution in [3.05, 3.63) is 33.9 Å². The summed E-state index contributed by atoms with van der Waals surface area (Å²) in [7, 11) is 1.53. The number of ether oxygens (including phenoxy) is 2. The van der Waals surface area contributed by atoms with E-state index >= 15 is 0 Å². The van der Waals surface area contributed by atoms with Gasteiger partial charge in [0.1, 0.15) is 5.69 Å². The highest BCUT2D eigenvalue weighted by Crippen LogP contribution is 2.29. The van der Waals surface area contributed by atoms with E-state index in [9.17, 15) is 19.7 Å². The molecule has 0 spiro atoms. The van der Waals surface area contributed by atoms with Gasteiger partial charge in [0.25, 0.3) is 11.6 Å². The second kappa shape index (κ2) is 10.9. The molecule has 4 atom stereocenters. The highest BCUT2D eigenvalue weighted by atomic mass is 16.6. The molecule has 1 aliphatic rings. The molecule has 166 valence electrons. The van der Waals surface area contributed by atoms with Gasteiger partial charge in [-0.05, 0) is 37.3 Å². The number of nitro groups is 1. The number of carbonyl (C=O) groups excluding carboxylic acids is 2. The molecule has 1 fully saturated rings. The fourth-order valence-corrected chi connectivity index (χ4v) is 3.61. The van der Waals surface area contributed by atoms with Crippen LogP contribution in [-0.4, -0.2) is 49.2 Å². The number of esters is 1. The lowest BCUT2D eigenvalue weighted by Gasteiger charge is -2.35. The molecule has 0 bridgehead atoms. The van der Waals surface area contributed by atoms with Crippen LogP contribution in [0.5, 0.6) is 0 Å². The van der Waals surface area contributed by atoms with Crippen LogP contribution in [0.25, 0.3) is 0 Å². The second-order valence-electron chi connectivity index (χ2n) is 7.84. The van der Waals surface area contributed by atoms with Crippen molar-refractivity contribution in [2.45, 2.75) is 52.2 Å². The van der Waals surface area contributed by atoms with Gasteiger partial charge in [-0.2, -0.15) is 0 Å². The van der Waals surface area contributed by atoms with Crippen LogP contribution in [0, 0.1) is 22.0 Å². The Morgan fingerprint density at radius 2 is 2.03 bits per heavy atom. The Bertz CT molecular complexity index is 769. The summed E-state index contributed by atoms with van der Waals surface area (Å²) in [4.78, 5) is 35.7. The molecule has 2 rings (SSSR count). The maximum absolute atomic E-state index is 12.5. The van der Waals surface area contributed by atoms with Crippen molar-refractivity contribution in [1.82, 2.24) is 5.32 Å². The summed E-state index contributed by atoms with van der Waals surface area (Å²) in [5.41, 5.74) is 0.0424. The Morgan fingerprint density at radius 1 is 1.30 bits per heavy atom. The Kier molecular flexibility index (Phi) is 8.58. The molecule has 1 aromatic rings. The summed E-state index contributed by atoms with van der Waals surface area (Å²) < 4.78 is 10.2. The molecule has 1 aromatic carbocycles. The van der Waals surface area contributed by atoms with E-state index in [1.165, 1.54) is 26.2 Å². The standard InChI is InChI=1S/C21H31N3O6/c1-13-6-5-7-17(14(13)2)23-20(25)15(3)30-21(26)16-8-9-18(22-10-11-29-4)19(12-16)24(27)28/h8-9,12-15,17,22H,5-7,10-11H2,1-4H3,(H,23,25)/t13-,14-,15-,17-/m1/s1. The van der Waals surface area contributed by atoms with E-state index in [1.54, 1.807) is 0 Å². The van der Waals surface area contributed by atoms with Gasteiger partial charge in [0.15, 0.2) is 6.10 Å². The topological polar surface area (TPSA) is 120 Å². The van der Waals surface area contributed by atoms with E-state index in [1.807, 2.05) is 0 Å².